The Labute approximate surface area is 211 Å². The fourth-order valence-corrected chi connectivity index (χ4v) is 4.83. The fourth-order valence-electron chi connectivity index (χ4n) is 3.56. The number of benzene rings is 1. The molecule has 3 aromatic heterocycles. The minimum Gasteiger partial charge on any atom is -0.484 e. The van der Waals surface area contributed by atoms with E-state index in [2.05, 4.69) is 10.1 Å². The maximum Gasteiger partial charge on any atom is 0.356 e. The van der Waals surface area contributed by atoms with Gasteiger partial charge in [-0.3, -0.25) is 0 Å². The van der Waals surface area contributed by atoms with E-state index in [1.807, 2.05) is 32.0 Å². The Morgan fingerprint density at radius 2 is 2.03 bits per heavy atom. The van der Waals surface area contributed by atoms with Crippen molar-refractivity contribution in [3.05, 3.63) is 69.3 Å². The first-order chi connectivity index (χ1) is 16.8. The van der Waals surface area contributed by atoms with Crippen molar-refractivity contribution in [3.63, 3.8) is 0 Å². The standard InChI is InChI=1S/C25H24ClN3O5S/c1-4-5-10-33-25(32)22-20(34-15(3)16-8-6-7-9-17(16)26)12-21(35-22)19-13-27-23-14(2)11-18(24(30)31)28-29(19)23/h6-9,11-13,15H,4-5,10H2,1-3H3,(H,30,31)/t15-/m1/s1. The quantitative estimate of drug-likeness (QED) is 0.209. The van der Waals surface area contributed by atoms with Gasteiger partial charge in [-0.1, -0.05) is 43.1 Å². The molecule has 1 aromatic carbocycles. The van der Waals surface area contributed by atoms with Crippen molar-refractivity contribution in [2.75, 3.05) is 6.61 Å². The van der Waals surface area contributed by atoms with Gasteiger partial charge in [-0.2, -0.15) is 5.10 Å². The molecule has 0 aliphatic heterocycles. The van der Waals surface area contributed by atoms with Gasteiger partial charge in [0.1, 0.15) is 17.5 Å². The SMILES string of the molecule is CCCCOC(=O)c1sc(-c2cnc3c(C)cc(C(=O)O)nn23)cc1O[C@H](C)c1ccccc1Cl. The van der Waals surface area contributed by atoms with Crippen LogP contribution >= 0.6 is 22.9 Å². The van der Waals surface area contributed by atoms with Crippen LogP contribution < -0.4 is 4.74 Å². The lowest BCUT2D eigenvalue weighted by atomic mass is 10.1. The zero-order valence-corrected chi connectivity index (χ0v) is 21.0. The van der Waals surface area contributed by atoms with E-state index >= 15 is 0 Å². The summed E-state index contributed by atoms with van der Waals surface area (Å²) < 4.78 is 13.1. The number of carboxylic acids is 1. The summed E-state index contributed by atoms with van der Waals surface area (Å²) in [6, 6.07) is 10.5. The normalized spacial score (nSPS) is 12.0. The minimum absolute atomic E-state index is 0.103. The Hall–Kier alpha value is -3.43. The van der Waals surface area contributed by atoms with Gasteiger partial charge < -0.3 is 14.6 Å². The van der Waals surface area contributed by atoms with E-state index in [0.29, 0.717) is 44.0 Å². The summed E-state index contributed by atoms with van der Waals surface area (Å²) in [5.74, 6) is -1.28. The highest BCUT2D eigenvalue weighted by molar-refractivity contribution is 7.17. The molecule has 0 spiro atoms. The molecule has 0 aliphatic rings. The third-order valence-electron chi connectivity index (χ3n) is 5.38. The molecule has 1 atom stereocenters. The van der Waals surface area contributed by atoms with E-state index in [-0.39, 0.29) is 5.69 Å². The molecule has 182 valence electrons. The summed E-state index contributed by atoms with van der Waals surface area (Å²) in [6.07, 6.45) is 2.81. The molecular formula is C25H24ClN3O5S. The molecule has 8 nitrogen and oxygen atoms in total. The number of carbonyl (C=O) groups is 2. The van der Waals surface area contributed by atoms with Gasteiger partial charge in [0.2, 0.25) is 0 Å². The Morgan fingerprint density at radius 3 is 2.74 bits per heavy atom. The van der Waals surface area contributed by atoms with Crippen LogP contribution in [0.2, 0.25) is 5.02 Å². The number of carbonyl (C=O) groups excluding carboxylic acids is 1. The van der Waals surface area contributed by atoms with Crippen LogP contribution in [0.15, 0.2) is 42.6 Å². The molecule has 0 fully saturated rings. The van der Waals surface area contributed by atoms with Crippen molar-refractivity contribution in [2.24, 2.45) is 0 Å². The van der Waals surface area contributed by atoms with Gasteiger partial charge in [-0.15, -0.1) is 11.3 Å². The number of fused-ring (bicyclic) bond motifs is 1. The third kappa shape index (κ3) is 5.16. The number of carboxylic acid groups (broad SMARTS) is 1. The van der Waals surface area contributed by atoms with Crippen LogP contribution in [0, 0.1) is 6.92 Å². The second kappa shape index (κ2) is 10.5. The summed E-state index contributed by atoms with van der Waals surface area (Å²) in [5, 5.41) is 14.2. The van der Waals surface area contributed by atoms with Crippen molar-refractivity contribution in [2.45, 2.75) is 39.7 Å². The van der Waals surface area contributed by atoms with Crippen LogP contribution in [0.25, 0.3) is 16.2 Å². The number of halogens is 1. The number of unbranched alkanes of at least 4 members (excludes halogenated alkanes) is 1. The molecule has 0 aliphatic carbocycles. The van der Waals surface area contributed by atoms with Gasteiger partial charge in [-0.25, -0.2) is 19.1 Å². The highest BCUT2D eigenvalue weighted by Crippen LogP contribution is 2.39. The molecule has 1 N–H and O–H groups in total. The maximum atomic E-state index is 12.9. The van der Waals surface area contributed by atoms with E-state index in [1.54, 1.807) is 25.3 Å². The first-order valence-electron chi connectivity index (χ1n) is 11.1. The second-order valence-corrected chi connectivity index (χ2v) is 9.43. The highest BCUT2D eigenvalue weighted by atomic mass is 35.5. The van der Waals surface area contributed by atoms with Crippen LogP contribution in [0.3, 0.4) is 0 Å². The topological polar surface area (TPSA) is 103 Å². The first kappa shape index (κ1) is 24.7. The summed E-state index contributed by atoms with van der Waals surface area (Å²) in [5.41, 5.74) is 2.42. The van der Waals surface area contributed by atoms with Gasteiger partial charge in [0.15, 0.2) is 16.2 Å². The van der Waals surface area contributed by atoms with Crippen LogP contribution in [0.1, 0.15) is 64.1 Å². The van der Waals surface area contributed by atoms with Crippen molar-refractivity contribution in [3.8, 4) is 16.3 Å². The zero-order valence-electron chi connectivity index (χ0n) is 19.4. The van der Waals surface area contributed by atoms with Gasteiger partial charge in [0.25, 0.3) is 0 Å². The van der Waals surface area contributed by atoms with Crippen molar-refractivity contribution in [1.29, 1.82) is 0 Å². The lowest BCUT2D eigenvalue weighted by molar-refractivity contribution is 0.0499. The van der Waals surface area contributed by atoms with Gasteiger partial charge in [-0.05, 0) is 38.0 Å². The van der Waals surface area contributed by atoms with Crippen LogP contribution in [0.5, 0.6) is 5.75 Å². The summed E-state index contributed by atoms with van der Waals surface area (Å²) in [6.45, 7) is 5.94. The van der Waals surface area contributed by atoms with Crippen LogP contribution in [0.4, 0.5) is 0 Å². The molecule has 0 unspecified atom stereocenters. The zero-order chi connectivity index (χ0) is 25.1. The number of esters is 1. The van der Waals surface area contributed by atoms with Gasteiger partial charge in [0, 0.05) is 16.7 Å². The maximum absolute atomic E-state index is 12.9. The van der Waals surface area contributed by atoms with E-state index in [4.69, 9.17) is 21.1 Å². The average molecular weight is 514 g/mol. The first-order valence-corrected chi connectivity index (χ1v) is 12.3. The Kier molecular flexibility index (Phi) is 7.37. The van der Waals surface area contributed by atoms with E-state index in [0.717, 1.165) is 18.4 Å². The minimum atomic E-state index is -1.14. The van der Waals surface area contributed by atoms with Gasteiger partial charge in [0.05, 0.1) is 17.7 Å². The number of ether oxygens (including phenoxy) is 2. The number of rotatable bonds is 9. The number of hydrogen-bond acceptors (Lipinski definition) is 7. The fraction of sp³-hybridized carbons (Fsp3) is 0.280. The predicted molar refractivity (Wildman–Crippen MR) is 134 cm³/mol. The number of nitrogens with zero attached hydrogens (tertiary/aromatic N) is 3. The highest BCUT2D eigenvalue weighted by Gasteiger charge is 2.24. The molecule has 0 saturated heterocycles. The lowest BCUT2D eigenvalue weighted by Crippen LogP contribution is -2.09. The number of aromatic nitrogens is 3. The van der Waals surface area contributed by atoms with Crippen molar-refractivity contribution >= 4 is 40.5 Å². The molecule has 10 heteroatoms. The molecule has 0 amide bonds. The molecule has 0 bridgehead atoms. The van der Waals surface area contributed by atoms with Gasteiger partial charge >= 0.3 is 11.9 Å². The number of aryl methyl sites for hydroxylation is 1. The molecule has 4 rings (SSSR count). The van der Waals surface area contributed by atoms with Crippen LogP contribution in [-0.4, -0.2) is 38.3 Å². The summed E-state index contributed by atoms with van der Waals surface area (Å²) in [4.78, 5) is 29.8. The largest absolute Gasteiger partial charge is 0.484 e. The summed E-state index contributed by atoms with van der Waals surface area (Å²) >= 11 is 7.52. The van der Waals surface area contributed by atoms with Crippen molar-refractivity contribution in [1.82, 2.24) is 14.6 Å². The van der Waals surface area contributed by atoms with E-state index in [9.17, 15) is 14.7 Å². The number of aromatic carboxylic acids is 1. The Morgan fingerprint density at radius 1 is 1.26 bits per heavy atom. The van der Waals surface area contributed by atoms with Crippen LogP contribution in [-0.2, 0) is 4.74 Å². The Balaban J connectivity index is 1.77. The molecular weight excluding hydrogens is 490 g/mol. The molecule has 3 heterocycles. The van der Waals surface area contributed by atoms with E-state index in [1.165, 1.54) is 21.9 Å². The molecule has 0 saturated carbocycles. The molecule has 35 heavy (non-hydrogen) atoms. The summed E-state index contributed by atoms with van der Waals surface area (Å²) in [7, 11) is 0. The Bertz CT molecular complexity index is 1400. The average Bonchev–Trinajstić information content (AvgIpc) is 3.44. The smallest absolute Gasteiger partial charge is 0.356 e. The number of imidazole rings is 1. The van der Waals surface area contributed by atoms with Crippen molar-refractivity contribution < 1.29 is 24.2 Å². The molecule has 4 aromatic rings. The third-order valence-corrected chi connectivity index (χ3v) is 6.85. The number of hydrogen-bond donors (Lipinski definition) is 1. The molecule has 0 radical (unpaired) electrons. The number of thiophene rings is 1. The lowest BCUT2D eigenvalue weighted by Gasteiger charge is -2.16. The monoisotopic (exact) mass is 513 g/mol. The predicted octanol–water partition coefficient (Wildman–Crippen LogP) is 6.21. The van der Waals surface area contributed by atoms with E-state index < -0.39 is 18.0 Å². The second-order valence-electron chi connectivity index (χ2n) is 7.97.